The van der Waals surface area contributed by atoms with E-state index >= 15 is 0 Å². The first-order valence-corrected chi connectivity index (χ1v) is 8.62. The summed E-state index contributed by atoms with van der Waals surface area (Å²) >= 11 is 0. The van der Waals surface area contributed by atoms with Gasteiger partial charge in [-0.3, -0.25) is 9.59 Å². The Hall–Kier alpha value is -2.96. The van der Waals surface area contributed by atoms with Gasteiger partial charge in [-0.25, -0.2) is 9.67 Å². The highest BCUT2D eigenvalue weighted by Crippen LogP contribution is 2.33. The van der Waals surface area contributed by atoms with Gasteiger partial charge in [0.15, 0.2) is 5.82 Å². The average molecular weight is 354 g/mol. The molecular formula is C19H22N4O3. The van der Waals surface area contributed by atoms with Crippen molar-refractivity contribution in [2.45, 2.75) is 45.1 Å². The smallest absolute Gasteiger partial charge is 0.303 e. The number of nitrogens with zero attached hydrogens (tertiary/aromatic N) is 3. The molecule has 0 aromatic carbocycles. The standard InChI is InChI=1S/C19H22N4O3/c1-12-19(13(2)23(22-12)16-5-3-4-10-20-16)14-6-7-15(11-14)21-17(24)8-9-18(25)26/h3-7,10,14-15H,8-9,11H2,1-2H3,(H,21,24)(H,25,26). The summed E-state index contributed by atoms with van der Waals surface area (Å²) in [4.78, 5) is 26.8. The zero-order chi connectivity index (χ0) is 18.7. The second-order valence-corrected chi connectivity index (χ2v) is 6.48. The molecule has 0 saturated heterocycles. The minimum absolute atomic E-state index is 0.00000465. The van der Waals surface area contributed by atoms with Crippen LogP contribution in [0.15, 0.2) is 36.5 Å². The molecule has 0 bridgehead atoms. The highest BCUT2D eigenvalue weighted by atomic mass is 16.4. The maximum atomic E-state index is 11.8. The normalized spacial score (nSPS) is 18.8. The topological polar surface area (TPSA) is 97.1 Å². The molecule has 0 saturated carbocycles. The minimum atomic E-state index is -0.965. The molecule has 2 aromatic heterocycles. The monoisotopic (exact) mass is 354 g/mol. The zero-order valence-electron chi connectivity index (χ0n) is 14.8. The summed E-state index contributed by atoms with van der Waals surface area (Å²) in [6.45, 7) is 4.00. The zero-order valence-corrected chi connectivity index (χ0v) is 14.8. The molecule has 2 heterocycles. The second-order valence-electron chi connectivity index (χ2n) is 6.48. The average Bonchev–Trinajstić information content (AvgIpc) is 3.17. The van der Waals surface area contributed by atoms with E-state index in [2.05, 4.69) is 21.5 Å². The van der Waals surface area contributed by atoms with E-state index in [1.165, 1.54) is 0 Å². The lowest BCUT2D eigenvalue weighted by molar-refractivity contribution is -0.138. The Morgan fingerprint density at radius 2 is 2.08 bits per heavy atom. The Balaban J connectivity index is 1.70. The van der Waals surface area contributed by atoms with Gasteiger partial charge in [-0.05, 0) is 32.4 Å². The van der Waals surface area contributed by atoms with Gasteiger partial charge in [0, 0.05) is 35.8 Å². The van der Waals surface area contributed by atoms with Crippen molar-refractivity contribution >= 4 is 11.9 Å². The fourth-order valence-corrected chi connectivity index (χ4v) is 3.41. The van der Waals surface area contributed by atoms with Gasteiger partial charge < -0.3 is 10.4 Å². The first-order valence-electron chi connectivity index (χ1n) is 8.62. The Bertz CT molecular complexity index is 842. The third-order valence-corrected chi connectivity index (χ3v) is 4.58. The van der Waals surface area contributed by atoms with Gasteiger partial charge in [0.25, 0.3) is 0 Å². The molecule has 1 amide bonds. The number of allylic oxidation sites excluding steroid dienone is 1. The molecule has 2 N–H and O–H groups in total. The first kappa shape index (κ1) is 17.8. The third-order valence-electron chi connectivity index (χ3n) is 4.58. The van der Waals surface area contributed by atoms with Gasteiger partial charge in [-0.15, -0.1) is 0 Å². The summed E-state index contributed by atoms with van der Waals surface area (Å²) in [5, 5.41) is 16.2. The van der Waals surface area contributed by atoms with E-state index < -0.39 is 5.97 Å². The number of nitrogens with one attached hydrogen (secondary N) is 1. The molecule has 2 unspecified atom stereocenters. The SMILES string of the molecule is Cc1nn(-c2ccccn2)c(C)c1C1C=CC(NC(=O)CCC(=O)O)C1. The van der Waals surface area contributed by atoms with Crippen LogP contribution in [0.5, 0.6) is 0 Å². The lowest BCUT2D eigenvalue weighted by atomic mass is 9.96. The van der Waals surface area contributed by atoms with Crippen LogP contribution in [0.2, 0.25) is 0 Å². The van der Waals surface area contributed by atoms with Crippen molar-refractivity contribution in [1.29, 1.82) is 0 Å². The molecule has 0 aliphatic heterocycles. The van der Waals surface area contributed by atoms with E-state index in [1.54, 1.807) is 6.20 Å². The summed E-state index contributed by atoms with van der Waals surface area (Å²) in [6, 6.07) is 5.63. The highest BCUT2D eigenvalue weighted by molar-refractivity contribution is 5.81. The van der Waals surface area contributed by atoms with Crippen LogP contribution in [0, 0.1) is 13.8 Å². The molecule has 0 spiro atoms. The Kier molecular flexibility index (Phi) is 5.16. The van der Waals surface area contributed by atoms with Gasteiger partial charge in [0.05, 0.1) is 12.1 Å². The van der Waals surface area contributed by atoms with Crippen molar-refractivity contribution < 1.29 is 14.7 Å². The van der Waals surface area contributed by atoms with Crippen LogP contribution in [-0.4, -0.2) is 37.8 Å². The summed E-state index contributed by atoms with van der Waals surface area (Å²) in [6.07, 6.45) is 6.39. The molecule has 0 fully saturated rings. The van der Waals surface area contributed by atoms with Gasteiger partial charge in [0.2, 0.25) is 5.91 Å². The van der Waals surface area contributed by atoms with Crippen LogP contribution in [0.25, 0.3) is 5.82 Å². The van der Waals surface area contributed by atoms with E-state index in [-0.39, 0.29) is 30.7 Å². The molecule has 1 aliphatic carbocycles. The number of amides is 1. The molecule has 26 heavy (non-hydrogen) atoms. The summed E-state index contributed by atoms with van der Waals surface area (Å²) in [5.41, 5.74) is 3.13. The molecule has 136 valence electrons. The van der Waals surface area contributed by atoms with Crippen molar-refractivity contribution in [3.8, 4) is 5.82 Å². The van der Waals surface area contributed by atoms with E-state index in [0.29, 0.717) is 0 Å². The number of aromatic nitrogens is 3. The molecular weight excluding hydrogens is 332 g/mol. The number of carboxylic acids is 1. The quantitative estimate of drug-likeness (QED) is 0.776. The van der Waals surface area contributed by atoms with Crippen LogP contribution in [-0.2, 0) is 9.59 Å². The second kappa shape index (κ2) is 7.51. The number of aliphatic carboxylic acids is 1. The minimum Gasteiger partial charge on any atom is -0.481 e. The van der Waals surface area contributed by atoms with Crippen molar-refractivity contribution in [1.82, 2.24) is 20.1 Å². The molecule has 3 rings (SSSR count). The molecule has 2 atom stereocenters. The van der Waals surface area contributed by atoms with Crippen molar-refractivity contribution in [3.05, 3.63) is 53.5 Å². The fraction of sp³-hybridized carbons (Fsp3) is 0.368. The summed E-state index contributed by atoms with van der Waals surface area (Å²) in [5.74, 6) is -0.259. The van der Waals surface area contributed by atoms with Crippen LogP contribution in [0.1, 0.15) is 42.1 Å². The van der Waals surface area contributed by atoms with Gasteiger partial charge in [-0.1, -0.05) is 18.2 Å². The number of aryl methyl sites for hydroxylation is 1. The molecule has 7 heteroatoms. The molecule has 0 radical (unpaired) electrons. The fourth-order valence-electron chi connectivity index (χ4n) is 3.41. The van der Waals surface area contributed by atoms with Crippen LogP contribution in [0.3, 0.4) is 0 Å². The number of carbonyl (C=O) groups excluding carboxylic acids is 1. The van der Waals surface area contributed by atoms with Crippen LogP contribution >= 0.6 is 0 Å². The lowest BCUT2D eigenvalue weighted by Gasteiger charge is -2.14. The van der Waals surface area contributed by atoms with Crippen molar-refractivity contribution in [3.63, 3.8) is 0 Å². The predicted molar refractivity (Wildman–Crippen MR) is 96.1 cm³/mol. The summed E-state index contributed by atoms with van der Waals surface area (Å²) in [7, 11) is 0. The van der Waals surface area contributed by atoms with Crippen molar-refractivity contribution in [2.75, 3.05) is 0 Å². The Morgan fingerprint density at radius 3 is 2.77 bits per heavy atom. The maximum absolute atomic E-state index is 11.8. The largest absolute Gasteiger partial charge is 0.481 e. The Morgan fingerprint density at radius 1 is 1.27 bits per heavy atom. The third kappa shape index (κ3) is 3.82. The number of carboxylic acid groups (broad SMARTS) is 1. The van der Waals surface area contributed by atoms with E-state index in [0.717, 1.165) is 29.2 Å². The number of rotatable bonds is 6. The number of hydrogen-bond acceptors (Lipinski definition) is 4. The highest BCUT2D eigenvalue weighted by Gasteiger charge is 2.27. The van der Waals surface area contributed by atoms with Gasteiger partial charge in [0.1, 0.15) is 0 Å². The number of hydrogen-bond donors (Lipinski definition) is 2. The lowest BCUT2D eigenvalue weighted by Crippen LogP contribution is -2.32. The number of pyridine rings is 1. The van der Waals surface area contributed by atoms with Crippen LogP contribution < -0.4 is 5.32 Å². The van der Waals surface area contributed by atoms with E-state index in [1.807, 2.05) is 42.8 Å². The maximum Gasteiger partial charge on any atom is 0.303 e. The van der Waals surface area contributed by atoms with Gasteiger partial charge in [-0.2, -0.15) is 5.10 Å². The van der Waals surface area contributed by atoms with Crippen molar-refractivity contribution in [2.24, 2.45) is 0 Å². The van der Waals surface area contributed by atoms with E-state index in [9.17, 15) is 9.59 Å². The molecule has 2 aromatic rings. The summed E-state index contributed by atoms with van der Waals surface area (Å²) < 4.78 is 1.84. The van der Waals surface area contributed by atoms with Crippen LogP contribution in [0.4, 0.5) is 0 Å². The molecule has 7 nitrogen and oxygen atoms in total. The predicted octanol–water partition coefficient (Wildman–Crippen LogP) is 2.28. The Labute approximate surface area is 151 Å². The van der Waals surface area contributed by atoms with Gasteiger partial charge >= 0.3 is 5.97 Å². The first-order chi connectivity index (χ1) is 12.5. The van der Waals surface area contributed by atoms with E-state index in [4.69, 9.17) is 5.11 Å². The number of carbonyl (C=O) groups is 2. The molecule has 1 aliphatic rings.